The molecule has 1 aliphatic heterocycles. The second-order valence-corrected chi connectivity index (χ2v) is 8.74. The molecule has 1 atom stereocenters. The predicted molar refractivity (Wildman–Crippen MR) is 118 cm³/mol. The number of rotatable bonds is 2. The van der Waals surface area contributed by atoms with E-state index in [1.54, 1.807) is 0 Å². The molecule has 0 spiro atoms. The van der Waals surface area contributed by atoms with E-state index < -0.39 is 0 Å². The van der Waals surface area contributed by atoms with E-state index in [9.17, 15) is 5.26 Å². The Morgan fingerprint density at radius 2 is 1.82 bits per heavy atom. The highest BCUT2D eigenvalue weighted by atomic mass is 79.9. The lowest BCUT2D eigenvalue weighted by Gasteiger charge is -2.33. The summed E-state index contributed by atoms with van der Waals surface area (Å²) in [5.74, 6) is 0.860. The molecule has 28 heavy (non-hydrogen) atoms. The molecule has 0 saturated heterocycles. The van der Waals surface area contributed by atoms with E-state index in [2.05, 4.69) is 62.2 Å². The van der Waals surface area contributed by atoms with Crippen molar-refractivity contribution in [3.8, 4) is 6.07 Å². The molecule has 2 N–H and O–H groups in total. The van der Waals surface area contributed by atoms with E-state index in [1.807, 2.05) is 30.3 Å². The van der Waals surface area contributed by atoms with E-state index in [0.717, 1.165) is 56.2 Å². The highest BCUT2D eigenvalue weighted by Gasteiger charge is 2.35. The van der Waals surface area contributed by atoms with Gasteiger partial charge in [0.05, 0.1) is 0 Å². The van der Waals surface area contributed by atoms with E-state index in [0.29, 0.717) is 5.57 Å². The van der Waals surface area contributed by atoms with Crippen molar-refractivity contribution in [2.24, 2.45) is 5.73 Å². The number of nitrogens with two attached hydrogens (primary N) is 1. The number of ether oxygens (including phenoxy) is 1. The summed E-state index contributed by atoms with van der Waals surface area (Å²) in [5, 5.41) is 9.76. The lowest BCUT2D eigenvalue weighted by Crippen LogP contribution is -2.23. The maximum atomic E-state index is 9.76. The Hall–Kier alpha value is -2.29. The van der Waals surface area contributed by atoms with Crippen LogP contribution in [-0.2, 0) is 4.74 Å². The summed E-state index contributed by atoms with van der Waals surface area (Å²) in [5.41, 5.74) is 11.1. The normalized spacial score (nSPS) is 20.6. The molecular weight excluding hydrogens is 480 g/mol. The average molecular weight is 498 g/mol. The largest absolute Gasteiger partial charge is 0.440 e. The lowest BCUT2D eigenvalue weighted by molar-refractivity contribution is 0.277. The SMILES string of the molecule is N#CC1=C(N)OC2=C(CCC/C2=C\c2cccc(Br)c2)[C@@H]1c1cccc(Br)c1. The van der Waals surface area contributed by atoms with Crippen molar-refractivity contribution < 1.29 is 4.74 Å². The van der Waals surface area contributed by atoms with Gasteiger partial charge in [-0.1, -0.05) is 56.1 Å². The van der Waals surface area contributed by atoms with Gasteiger partial charge in [0.1, 0.15) is 17.4 Å². The second kappa shape index (κ2) is 7.98. The van der Waals surface area contributed by atoms with Crippen LogP contribution in [0.1, 0.15) is 36.3 Å². The Morgan fingerprint density at radius 1 is 1.07 bits per heavy atom. The fourth-order valence-electron chi connectivity index (χ4n) is 3.90. The van der Waals surface area contributed by atoms with Crippen LogP contribution in [-0.4, -0.2) is 0 Å². The fraction of sp³-hybridized carbons (Fsp3) is 0.174. The minimum absolute atomic E-state index is 0.169. The quantitative estimate of drug-likeness (QED) is 0.512. The molecule has 0 amide bonds. The topological polar surface area (TPSA) is 59.0 Å². The third-order valence-electron chi connectivity index (χ3n) is 5.08. The van der Waals surface area contributed by atoms with Gasteiger partial charge in [0.2, 0.25) is 5.88 Å². The first kappa shape index (κ1) is 19.0. The van der Waals surface area contributed by atoms with Crippen LogP contribution in [0.15, 0.2) is 85.8 Å². The van der Waals surface area contributed by atoms with Gasteiger partial charge in [-0.15, -0.1) is 0 Å². The first-order chi connectivity index (χ1) is 13.6. The first-order valence-corrected chi connectivity index (χ1v) is 10.7. The fourth-order valence-corrected chi connectivity index (χ4v) is 4.73. The van der Waals surface area contributed by atoms with Crippen LogP contribution in [0.5, 0.6) is 0 Å². The molecule has 0 radical (unpaired) electrons. The Morgan fingerprint density at radius 3 is 2.54 bits per heavy atom. The summed E-state index contributed by atoms with van der Waals surface area (Å²) >= 11 is 7.07. The zero-order valence-electron chi connectivity index (χ0n) is 15.1. The smallest absolute Gasteiger partial charge is 0.205 e. The zero-order valence-corrected chi connectivity index (χ0v) is 18.3. The highest BCUT2D eigenvalue weighted by molar-refractivity contribution is 9.10. The summed E-state index contributed by atoms with van der Waals surface area (Å²) in [4.78, 5) is 0. The molecule has 140 valence electrons. The summed E-state index contributed by atoms with van der Waals surface area (Å²) in [6.45, 7) is 0. The molecule has 0 unspecified atom stereocenters. The molecular formula is C23H18Br2N2O. The molecule has 0 aromatic heterocycles. The van der Waals surface area contributed by atoms with Crippen LogP contribution in [0.2, 0.25) is 0 Å². The van der Waals surface area contributed by atoms with Gasteiger partial charge in [-0.2, -0.15) is 5.26 Å². The molecule has 0 saturated carbocycles. The van der Waals surface area contributed by atoms with Crippen molar-refractivity contribution in [3.05, 3.63) is 97.0 Å². The third kappa shape index (κ3) is 3.67. The van der Waals surface area contributed by atoms with Gasteiger partial charge in [-0.05, 0) is 71.9 Å². The monoisotopic (exact) mass is 496 g/mol. The maximum absolute atomic E-state index is 9.76. The van der Waals surface area contributed by atoms with Crippen LogP contribution in [0.25, 0.3) is 6.08 Å². The van der Waals surface area contributed by atoms with Gasteiger partial charge in [0.25, 0.3) is 0 Å². The van der Waals surface area contributed by atoms with Gasteiger partial charge >= 0.3 is 0 Å². The number of benzene rings is 2. The van der Waals surface area contributed by atoms with Gasteiger partial charge in [-0.3, -0.25) is 0 Å². The second-order valence-electron chi connectivity index (χ2n) is 6.91. The standard InChI is InChI=1S/C23H18Br2N2O/c24-17-7-1-4-14(11-17)10-16-6-3-9-19-21(15-5-2-8-18(25)12-15)20(13-26)23(27)28-22(16)19/h1-2,4-5,7-8,10-12,21H,3,6,9,27H2/b16-10+/t21-/m0/s1. The Bertz CT molecular complexity index is 1080. The minimum atomic E-state index is -0.169. The Kier molecular flexibility index (Phi) is 5.43. The van der Waals surface area contributed by atoms with E-state index in [-0.39, 0.29) is 11.8 Å². The highest BCUT2D eigenvalue weighted by Crippen LogP contribution is 2.47. The molecule has 2 aliphatic rings. The number of nitrogens with zero attached hydrogens (tertiary/aromatic N) is 1. The predicted octanol–water partition coefficient (Wildman–Crippen LogP) is 6.54. The zero-order chi connectivity index (χ0) is 19.7. The number of allylic oxidation sites excluding steroid dienone is 3. The van der Waals surface area contributed by atoms with Crippen LogP contribution in [0.3, 0.4) is 0 Å². The molecule has 1 aliphatic carbocycles. The minimum Gasteiger partial charge on any atom is -0.440 e. The van der Waals surface area contributed by atoms with Gasteiger partial charge in [-0.25, -0.2) is 0 Å². The van der Waals surface area contributed by atoms with Crippen LogP contribution in [0, 0.1) is 11.3 Å². The van der Waals surface area contributed by atoms with Crippen LogP contribution in [0.4, 0.5) is 0 Å². The molecule has 2 aromatic carbocycles. The van der Waals surface area contributed by atoms with Crippen molar-refractivity contribution >= 4 is 37.9 Å². The average Bonchev–Trinajstić information content (AvgIpc) is 2.67. The van der Waals surface area contributed by atoms with Crippen molar-refractivity contribution in [1.82, 2.24) is 0 Å². The summed E-state index contributed by atoms with van der Waals surface area (Å²) in [6.07, 6.45) is 4.99. The van der Waals surface area contributed by atoms with Crippen LogP contribution < -0.4 is 5.73 Å². The van der Waals surface area contributed by atoms with Gasteiger partial charge in [0.15, 0.2) is 0 Å². The number of hydrogen-bond acceptors (Lipinski definition) is 3. The van der Waals surface area contributed by atoms with Crippen molar-refractivity contribution in [1.29, 1.82) is 5.26 Å². The molecule has 5 heteroatoms. The van der Waals surface area contributed by atoms with E-state index in [1.165, 1.54) is 0 Å². The molecule has 4 rings (SSSR count). The van der Waals surface area contributed by atoms with Crippen molar-refractivity contribution in [2.75, 3.05) is 0 Å². The summed E-state index contributed by atoms with van der Waals surface area (Å²) < 4.78 is 8.03. The van der Waals surface area contributed by atoms with Gasteiger partial charge in [0, 0.05) is 14.9 Å². The molecule has 3 nitrogen and oxygen atoms in total. The molecule has 0 bridgehead atoms. The van der Waals surface area contributed by atoms with E-state index >= 15 is 0 Å². The number of halogens is 2. The lowest BCUT2D eigenvalue weighted by atomic mass is 9.77. The molecule has 2 aromatic rings. The van der Waals surface area contributed by atoms with Crippen LogP contribution >= 0.6 is 31.9 Å². The summed E-state index contributed by atoms with van der Waals surface area (Å²) in [6, 6.07) is 18.5. The summed E-state index contributed by atoms with van der Waals surface area (Å²) in [7, 11) is 0. The number of hydrogen-bond donors (Lipinski definition) is 1. The Balaban J connectivity index is 1.85. The van der Waals surface area contributed by atoms with Crippen molar-refractivity contribution in [3.63, 3.8) is 0 Å². The maximum Gasteiger partial charge on any atom is 0.205 e. The third-order valence-corrected chi connectivity index (χ3v) is 6.07. The molecule has 0 fully saturated rings. The Labute approximate surface area is 181 Å². The van der Waals surface area contributed by atoms with Gasteiger partial charge < -0.3 is 10.5 Å². The van der Waals surface area contributed by atoms with E-state index in [4.69, 9.17) is 10.5 Å². The number of nitriles is 1. The molecule has 1 heterocycles. The first-order valence-electron chi connectivity index (χ1n) is 9.09. The van der Waals surface area contributed by atoms with Crippen molar-refractivity contribution in [2.45, 2.75) is 25.2 Å².